The third kappa shape index (κ3) is 5.66. The average Bonchev–Trinajstić information content (AvgIpc) is 3.06. The monoisotopic (exact) mass is 394 g/mol. The van der Waals surface area contributed by atoms with Crippen LogP contribution in [-0.4, -0.2) is 51.9 Å². The SMILES string of the molecule is CCNC(=NCCc1cc(C)cc(C)c1)NCCNc1ncnc2c1cnn2C. The fraction of sp³-hybridized carbons (Fsp3) is 0.429. The Morgan fingerprint density at radius 1 is 1.07 bits per heavy atom. The predicted molar refractivity (Wildman–Crippen MR) is 118 cm³/mol. The smallest absolute Gasteiger partial charge is 0.191 e. The van der Waals surface area contributed by atoms with Gasteiger partial charge in [0.15, 0.2) is 11.6 Å². The van der Waals surface area contributed by atoms with Gasteiger partial charge in [-0.1, -0.05) is 29.3 Å². The summed E-state index contributed by atoms with van der Waals surface area (Å²) in [4.78, 5) is 13.3. The number of hydrogen-bond acceptors (Lipinski definition) is 5. The molecular formula is C21H30N8. The van der Waals surface area contributed by atoms with Gasteiger partial charge in [-0.25, -0.2) is 9.97 Å². The summed E-state index contributed by atoms with van der Waals surface area (Å²) < 4.78 is 1.74. The molecule has 0 aliphatic heterocycles. The van der Waals surface area contributed by atoms with Crippen LogP contribution in [0.25, 0.3) is 11.0 Å². The Labute approximate surface area is 171 Å². The number of guanidine groups is 1. The molecule has 8 nitrogen and oxygen atoms in total. The summed E-state index contributed by atoms with van der Waals surface area (Å²) in [6, 6.07) is 6.66. The zero-order valence-electron chi connectivity index (χ0n) is 17.7. The first-order chi connectivity index (χ1) is 14.1. The van der Waals surface area contributed by atoms with Crippen LogP contribution in [0.15, 0.2) is 35.7 Å². The van der Waals surface area contributed by atoms with Gasteiger partial charge in [0.2, 0.25) is 0 Å². The Morgan fingerprint density at radius 2 is 1.86 bits per heavy atom. The number of aliphatic imine (C=N–C) groups is 1. The van der Waals surface area contributed by atoms with Crippen LogP contribution in [0.1, 0.15) is 23.6 Å². The molecule has 0 saturated carbocycles. The number of aromatic nitrogens is 4. The second kappa shape index (κ2) is 9.86. The number of benzene rings is 1. The Kier molecular flexibility index (Phi) is 6.99. The largest absolute Gasteiger partial charge is 0.368 e. The minimum atomic E-state index is 0.711. The number of hydrogen-bond donors (Lipinski definition) is 3. The van der Waals surface area contributed by atoms with Gasteiger partial charge < -0.3 is 16.0 Å². The Hall–Kier alpha value is -3.16. The predicted octanol–water partition coefficient (Wildman–Crippen LogP) is 2.19. The number of aryl methyl sites for hydroxylation is 3. The highest BCUT2D eigenvalue weighted by atomic mass is 15.3. The molecule has 3 aromatic rings. The zero-order valence-corrected chi connectivity index (χ0v) is 17.7. The van der Waals surface area contributed by atoms with E-state index in [0.29, 0.717) is 6.54 Å². The van der Waals surface area contributed by atoms with Crippen molar-refractivity contribution in [1.29, 1.82) is 0 Å². The van der Waals surface area contributed by atoms with Crippen molar-refractivity contribution in [3.63, 3.8) is 0 Å². The number of anilines is 1. The molecule has 0 amide bonds. The zero-order chi connectivity index (χ0) is 20.6. The molecule has 0 atom stereocenters. The Morgan fingerprint density at radius 3 is 2.62 bits per heavy atom. The van der Waals surface area contributed by atoms with E-state index in [9.17, 15) is 0 Å². The van der Waals surface area contributed by atoms with E-state index in [1.807, 2.05) is 7.05 Å². The highest BCUT2D eigenvalue weighted by Crippen LogP contribution is 2.17. The van der Waals surface area contributed by atoms with Crippen molar-refractivity contribution in [3.05, 3.63) is 47.4 Å². The minimum Gasteiger partial charge on any atom is -0.368 e. The minimum absolute atomic E-state index is 0.711. The molecule has 0 radical (unpaired) electrons. The number of fused-ring (bicyclic) bond motifs is 1. The van der Waals surface area contributed by atoms with Gasteiger partial charge in [-0.3, -0.25) is 9.67 Å². The fourth-order valence-corrected chi connectivity index (χ4v) is 3.32. The molecular weight excluding hydrogens is 364 g/mol. The van der Waals surface area contributed by atoms with Crippen LogP contribution < -0.4 is 16.0 Å². The summed E-state index contributed by atoms with van der Waals surface area (Å²) in [5.74, 6) is 1.62. The van der Waals surface area contributed by atoms with E-state index < -0.39 is 0 Å². The molecule has 0 fully saturated rings. The summed E-state index contributed by atoms with van der Waals surface area (Å²) in [5.41, 5.74) is 4.74. The van der Waals surface area contributed by atoms with Crippen LogP contribution in [0.3, 0.4) is 0 Å². The van der Waals surface area contributed by atoms with E-state index in [0.717, 1.165) is 48.9 Å². The highest BCUT2D eigenvalue weighted by molar-refractivity contribution is 5.86. The molecule has 154 valence electrons. The molecule has 29 heavy (non-hydrogen) atoms. The number of nitrogens with one attached hydrogen (secondary N) is 3. The van der Waals surface area contributed by atoms with Crippen LogP contribution in [0.2, 0.25) is 0 Å². The molecule has 0 spiro atoms. The molecule has 0 unspecified atom stereocenters. The lowest BCUT2D eigenvalue weighted by atomic mass is 10.1. The van der Waals surface area contributed by atoms with Gasteiger partial charge in [0.1, 0.15) is 12.1 Å². The lowest BCUT2D eigenvalue weighted by Crippen LogP contribution is -2.39. The van der Waals surface area contributed by atoms with E-state index in [4.69, 9.17) is 4.99 Å². The van der Waals surface area contributed by atoms with Crippen molar-refractivity contribution in [1.82, 2.24) is 30.4 Å². The first kappa shape index (κ1) is 20.6. The van der Waals surface area contributed by atoms with Crippen molar-refractivity contribution >= 4 is 22.8 Å². The van der Waals surface area contributed by atoms with Crippen LogP contribution in [0.5, 0.6) is 0 Å². The molecule has 8 heteroatoms. The molecule has 3 N–H and O–H groups in total. The number of nitrogens with zero attached hydrogens (tertiary/aromatic N) is 5. The standard InChI is InChI=1S/C21H30N8/c1-5-22-21(24-7-6-17-11-15(2)10-16(3)12-17)25-9-8-23-19-18-13-28-29(4)20(18)27-14-26-19/h10-14H,5-9H2,1-4H3,(H2,22,24,25)(H,23,26,27). The molecule has 1 aromatic carbocycles. The van der Waals surface area contributed by atoms with E-state index in [1.165, 1.54) is 16.7 Å². The van der Waals surface area contributed by atoms with Crippen LogP contribution in [-0.2, 0) is 13.5 Å². The molecule has 3 rings (SSSR count). The second-order valence-corrected chi connectivity index (χ2v) is 7.09. The molecule has 0 aliphatic carbocycles. The summed E-state index contributed by atoms with van der Waals surface area (Å²) in [6.45, 7) is 9.34. The van der Waals surface area contributed by atoms with Gasteiger partial charge in [0.25, 0.3) is 0 Å². The van der Waals surface area contributed by atoms with E-state index >= 15 is 0 Å². The van der Waals surface area contributed by atoms with Gasteiger partial charge in [0.05, 0.1) is 11.6 Å². The quantitative estimate of drug-likeness (QED) is 0.308. The van der Waals surface area contributed by atoms with Crippen molar-refractivity contribution < 1.29 is 0 Å². The molecule has 2 heterocycles. The summed E-state index contributed by atoms with van der Waals surface area (Å²) in [7, 11) is 1.87. The highest BCUT2D eigenvalue weighted by Gasteiger charge is 2.07. The third-order valence-electron chi connectivity index (χ3n) is 4.54. The number of rotatable bonds is 8. The maximum atomic E-state index is 4.69. The van der Waals surface area contributed by atoms with Crippen LogP contribution in [0.4, 0.5) is 5.82 Å². The first-order valence-electron chi connectivity index (χ1n) is 10.0. The fourth-order valence-electron chi connectivity index (χ4n) is 3.32. The lowest BCUT2D eigenvalue weighted by Gasteiger charge is -2.12. The van der Waals surface area contributed by atoms with E-state index in [2.05, 4.69) is 70.0 Å². The normalized spacial score (nSPS) is 11.7. The Balaban J connectivity index is 1.50. The maximum absolute atomic E-state index is 4.69. The van der Waals surface area contributed by atoms with Crippen LogP contribution in [0, 0.1) is 13.8 Å². The third-order valence-corrected chi connectivity index (χ3v) is 4.54. The van der Waals surface area contributed by atoms with Crippen molar-refractivity contribution in [2.45, 2.75) is 27.2 Å². The first-order valence-corrected chi connectivity index (χ1v) is 10.0. The van der Waals surface area contributed by atoms with E-state index in [1.54, 1.807) is 17.2 Å². The van der Waals surface area contributed by atoms with Gasteiger partial charge >= 0.3 is 0 Å². The van der Waals surface area contributed by atoms with Gasteiger partial charge in [0, 0.05) is 33.2 Å². The average molecular weight is 395 g/mol. The lowest BCUT2D eigenvalue weighted by molar-refractivity contribution is 0.785. The van der Waals surface area contributed by atoms with Gasteiger partial charge in [-0.15, -0.1) is 0 Å². The van der Waals surface area contributed by atoms with E-state index in [-0.39, 0.29) is 0 Å². The van der Waals surface area contributed by atoms with Crippen molar-refractivity contribution in [2.75, 3.05) is 31.5 Å². The van der Waals surface area contributed by atoms with Gasteiger partial charge in [-0.05, 0) is 32.8 Å². The van der Waals surface area contributed by atoms with Crippen molar-refractivity contribution in [2.24, 2.45) is 12.0 Å². The topological polar surface area (TPSA) is 92.1 Å². The maximum Gasteiger partial charge on any atom is 0.191 e. The summed E-state index contributed by atoms with van der Waals surface area (Å²) in [6.07, 6.45) is 4.26. The molecule has 0 saturated heterocycles. The second-order valence-electron chi connectivity index (χ2n) is 7.09. The summed E-state index contributed by atoms with van der Waals surface area (Å²) >= 11 is 0. The van der Waals surface area contributed by atoms with Gasteiger partial charge in [-0.2, -0.15) is 5.10 Å². The summed E-state index contributed by atoms with van der Waals surface area (Å²) in [5, 5.41) is 15.2. The molecule has 2 aromatic heterocycles. The van der Waals surface area contributed by atoms with Crippen molar-refractivity contribution in [3.8, 4) is 0 Å². The van der Waals surface area contributed by atoms with Crippen LogP contribution >= 0.6 is 0 Å². The molecule has 0 aliphatic rings. The Bertz CT molecular complexity index is 956. The molecule has 0 bridgehead atoms.